The van der Waals surface area contributed by atoms with Crippen molar-refractivity contribution in [2.24, 2.45) is 0 Å². The molecule has 2 rings (SSSR count). The van der Waals surface area contributed by atoms with Gasteiger partial charge in [0.2, 0.25) is 5.88 Å². The van der Waals surface area contributed by atoms with Gasteiger partial charge in [-0.1, -0.05) is 0 Å². The Morgan fingerprint density at radius 1 is 1.52 bits per heavy atom. The molecule has 0 saturated carbocycles. The second-order valence-electron chi connectivity index (χ2n) is 4.52. The van der Waals surface area contributed by atoms with E-state index in [9.17, 15) is 13.6 Å². The van der Waals surface area contributed by atoms with Gasteiger partial charge in [-0.2, -0.15) is 8.78 Å². The molecule has 8 heteroatoms. The van der Waals surface area contributed by atoms with Gasteiger partial charge in [0.05, 0.1) is 31.5 Å². The van der Waals surface area contributed by atoms with Crippen LogP contribution in [0.3, 0.4) is 0 Å². The third-order valence-electron chi connectivity index (χ3n) is 2.90. The number of nitrogens with zero attached hydrogens (tertiary/aromatic N) is 2. The van der Waals surface area contributed by atoms with Crippen LogP contribution in [0.2, 0.25) is 0 Å². The predicted molar refractivity (Wildman–Crippen MR) is 68.4 cm³/mol. The first-order valence-electron chi connectivity index (χ1n) is 6.42. The fourth-order valence-electron chi connectivity index (χ4n) is 1.92. The van der Waals surface area contributed by atoms with E-state index >= 15 is 0 Å². The lowest BCUT2D eigenvalue weighted by Gasteiger charge is -2.27. The molecule has 0 spiro atoms. The van der Waals surface area contributed by atoms with Crippen LogP contribution in [0, 0.1) is 0 Å². The zero-order valence-corrected chi connectivity index (χ0v) is 11.5. The summed E-state index contributed by atoms with van der Waals surface area (Å²) in [6.07, 6.45) is 1.04. The molecule has 1 saturated heterocycles. The Hall–Kier alpha value is -1.80. The van der Waals surface area contributed by atoms with Crippen molar-refractivity contribution < 1.29 is 27.8 Å². The first-order valence-corrected chi connectivity index (χ1v) is 6.42. The normalized spacial score (nSPS) is 18.6. The highest BCUT2D eigenvalue weighted by Crippen LogP contribution is 2.12. The number of pyridine rings is 1. The highest BCUT2D eigenvalue weighted by Gasteiger charge is 2.20. The minimum absolute atomic E-state index is 0.165. The minimum Gasteiger partial charge on any atom is -0.417 e. The van der Waals surface area contributed by atoms with Crippen molar-refractivity contribution in [1.29, 1.82) is 0 Å². The number of amides is 1. The summed E-state index contributed by atoms with van der Waals surface area (Å²) in [5, 5.41) is 0. The van der Waals surface area contributed by atoms with Gasteiger partial charge in [-0.05, 0) is 6.07 Å². The Morgan fingerprint density at radius 2 is 2.33 bits per heavy atom. The summed E-state index contributed by atoms with van der Waals surface area (Å²) < 4.78 is 38.9. The maximum Gasteiger partial charge on any atom is 0.388 e. The highest BCUT2D eigenvalue weighted by molar-refractivity contribution is 5.93. The zero-order valence-electron chi connectivity index (χ0n) is 11.5. The molecule has 116 valence electrons. The summed E-state index contributed by atoms with van der Waals surface area (Å²) in [6, 6.07) is 2.62. The second kappa shape index (κ2) is 7.28. The molecule has 1 atom stereocenters. The van der Waals surface area contributed by atoms with Crippen LogP contribution in [0.1, 0.15) is 10.4 Å². The molecule has 0 radical (unpaired) electrons. The molecule has 1 unspecified atom stereocenters. The number of aromatic nitrogens is 1. The lowest BCUT2D eigenvalue weighted by molar-refractivity contribution is -0.0933. The molecule has 1 aliphatic heterocycles. The molecule has 0 bridgehead atoms. The molecule has 1 amide bonds. The summed E-state index contributed by atoms with van der Waals surface area (Å²) in [7, 11) is 1.63. The summed E-state index contributed by atoms with van der Waals surface area (Å²) in [5.74, 6) is -0.506. The van der Waals surface area contributed by atoms with Gasteiger partial charge in [-0.15, -0.1) is 0 Å². The zero-order chi connectivity index (χ0) is 15.2. The van der Waals surface area contributed by atoms with Gasteiger partial charge in [-0.3, -0.25) is 4.79 Å². The highest BCUT2D eigenvalue weighted by atomic mass is 19.3. The van der Waals surface area contributed by atoms with E-state index in [1.807, 2.05) is 0 Å². The van der Waals surface area contributed by atoms with Crippen molar-refractivity contribution in [1.82, 2.24) is 9.88 Å². The van der Waals surface area contributed by atoms with Gasteiger partial charge in [0.1, 0.15) is 0 Å². The Bertz CT molecular complexity index is 464. The number of ether oxygens (including phenoxy) is 3. The number of rotatable bonds is 5. The van der Waals surface area contributed by atoms with E-state index in [0.29, 0.717) is 26.4 Å². The Kier molecular flexibility index (Phi) is 5.40. The van der Waals surface area contributed by atoms with Crippen LogP contribution in [0.25, 0.3) is 0 Å². The Labute approximate surface area is 120 Å². The van der Waals surface area contributed by atoms with E-state index in [4.69, 9.17) is 9.47 Å². The van der Waals surface area contributed by atoms with Crippen molar-refractivity contribution in [2.45, 2.75) is 12.7 Å². The summed E-state index contributed by atoms with van der Waals surface area (Å²) in [4.78, 5) is 17.3. The molecule has 0 aromatic carbocycles. The van der Waals surface area contributed by atoms with Crippen LogP contribution in [-0.2, 0) is 9.47 Å². The van der Waals surface area contributed by atoms with E-state index < -0.39 is 6.61 Å². The average molecular weight is 302 g/mol. The number of likely N-dealkylation sites (N-methyl/N-ethyl adjacent to an activating group) is 1. The van der Waals surface area contributed by atoms with Crippen molar-refractivity contribution >= 4 is 5.91 Å². The summed E-state index contributed by atoms with van der Waals surface area (Å²) in [6.45, 7) is -1.05. The molecule has 0 N–H and O–H groups in total. The third-order valence-corrected chi connectivity index (χ3v) is 2.90. The standard InChI is InChI=1S/C13H16F2N2O4/c1-17(7-10-8-19-4-5-20-10)12(18)9-2-3-11(16-6-9)21-13(14)15/h2-3,6,10,13H,4-5,7-8H2,1H3. The SMILES string of the molecule is CN(CC1COCCO1)C(=O)c1ccc(OC(F)F)nc1. The number of hydrogen-bond acceptors (Lipinski definition) is 5. The smallest absolute Gasteiger partial charge is 0.388 e. The topological polar surface area (TPSA) is 60.9 Å². The molecule has 2 heterocycles. The van der Waals surface area contributed by atoms with E-state index in [1.54, 1.807) is 7.05 Å². The van der Waals surface area contributed by atoms with Crippen LogP contribution in [0.5, 0.6) is 5.88 Å². The summed E-state index contributed by atoms with van der Waals surface area (Å²) in [5.41, 5.74) is 0.288. The molecule has 6 nitrogen and oxygen atoms in total. The third kappa shape index (κ3) is 4.61. The molecule has 21 heavy (non-hydrogen) atoms. The molecular weight excluding hydrogens is 286 g/mol. The number of halogens is 2. The van der Waals surface area contributed by atoms with Crippen molar-refractivity contribution in [3.8, 4) is 5.88 Å². The largest absolute Gasteiger partial charge is 0.417 e. The predicted octanol–water partition coefficient (Wildman–Crippen LogP) is 1.17. The second-order valence-corrected chi connectivity index (χ2v) is 4.52. The van der Waals surface area contributed by atoms with Crippen LogP contribution in [-0.4, -0.2) is 61.9 Å². The molecule has 1 aromatic rings. The van der Waals surface area contributed by atoms with Crippen LogP contribution in [0.4, 0.5) is 8.78 Å². The quantitative estimate of drug-likeness (QED) is 0.817. The van der Waals surface area contributed by atoms with E-state index in [1.165, 1.54) is 23.2 Å². The van der Waals surface area contributed by atoms with Gasteiger partial charge in [0.15, 0.2) is 0 Å². The number of carbonyl (C=O) groups is 1. The van der Waals surface area contributed by atoms with Crippen LogP contribution >= 0.6 is 0 Å². The van der Waals surface area contributed by atoms with E-state index in [-0.39, 0.29) is 23.5 Å². The van der Waals surface area contributed by atoms with Gasteiger partial charge >= 0.3 is 6.61 Å². The molecule has 1 aromatic heterocycles. The fraction of sp³-hybridized carbons (Fsp3) is 0.538. The van der Waals surface area contributed by atoms with Crippen LogP contribution in [0.15, 0.2) is 18.3 Å². The molecule has 1 fully saturated rings. The van der Waals surface area contributed by atoms with Gasteiger partial charge in [0.25, 0.3) is 5.91 Å². The Balaban J connectivity index is 1.91. The lowest BCUT2D eigenvalue weighted by Crippen LogP contribution is -2.40. The maximum atomic E-state index is 12.2. The van der Waals surface area contributed by atoms with Crippen molar-refractivity contribution in [3.63, 3.8) is 0 Å². The number of hydrogen-bond donors (Lipinski definition) is 0. The van der Waals surface area contributed by atoms with E-state index in [0.717, 1.165) is 0 Å². The first-order chi connectivity index (χ1) is 10.1. The van der Waals surface area contributed by atoms with Gasteiger partial charge in [0, 0.05) is 25.9 Å². The average Bonchev–Trinajstić information content (AvgIpc) is 2.47. The number of alkyl halides is 2. The minimum atomic E-state index is -2.94. The van der Waals surface area contributed by atoms with Gasteiger partial charge < -0.3 is 19.1 Å². The number of carbonyl (C=O) groups excluding carboxylic acids is 1. The molecular formula is C13H16F2N2O4. The molecule has 1 aliphatic rings. The van der Waals surface area contributed by atoms with Gasteiger partial charge in [-0.25, -0.2) is 4.98 Å². The van der Waals surface area contributed by atoms with Crippen molar-refractivity contribution in [3.05, 3.63) is 23.9 Å². The maximum absolute atomic E-state index is 12.2. The lowest BCUT2D eigenvalue weighted by atomic mass is 10.2. The van der Waals surface area contributed by atoms with Crippen molar-refractivity contribution in [2.75, 3.05) is 33.4 Å². The first kappa shape index (κ1) is 15.6. The monoisotopic (exact) mass is 302 g/mol. The summed E-state index contributed by atoms with van der Waals surface area (Å²) >= 11 is 0. The van der Waals surface area contributed by atoms with E-state index in [2.05, 4.69) is 9.72 Å². The Morgan fingerprint density at radius 3 is 2.90 bits per heavy atom. The van der Waals surface area contributed by atoms with Crippen LogP contribution < -0.4 is 4.74 Å². The fourth-order valence-corrected chi connectivity index (χ4v) is 1.92. The molecule has 0 aliphatic carbocycles.